The lowest BCUT2D eigenvalue weighted by molar-refractivity contribution is 0.260. The zero-order chi connectivity index (χ0) is 10.6. The summed E-state index contributed by atoms with van der Waals surface area (Å²) in [6, 6.07) is 1.64. The van der Waals surface area contributed by atoms with Gasteiger partial charge in [0.25, 0.3) is 0 Å². The maximum Gasteiger partial charge on any atom is 0.218 e. The monoisotopic (exact) mass is 214 g/mol. The van der Waals surface area contributed by atoms with E-state index in [1.54, 1.807) is 6.07 Å². The van der Waals surface area contributed by atoms with Crippen molar-refractivity contribution >= 4 is 11.6 Å². The predicted octanol–water partition coefficient (Wildman–Crippen LogP) is 2.73. The van der Waals surface area contributed by atoms with Crippen LogP contribution in [-0.4, -0.2) is 16.6 Å². The normalized spacial score (nSPS) is 10.6. The Morgan fingerprint density at radius 2 is 2.14 bits per heavy atom. The highest BCUT2D eigenvalue weighted by molar-refractivity contribution is 6.29. The van der Waals surface area contributed by atoms with Gasteiger partial charge >= 0.3 is 0 Å². The fourth-order valence-corrected chi connectivity index (χ4v) is 1.12. The molecule has 3 nitrogen and oxygen atoms in total. The molecule has 0 amide bonds. The minimum atomic E-state index is 0.440. The standard InChI is InChI=1S/C10H15ClN2O/c1-4-9-12-8(11)5-10(13-9)14-6-7(2)3/h5,7H,4,6H2,1-3H3. The maximum absolute atomic E-state index is 5.81. The molecule has 0 spiro atoms. The lowest BCUT2D eigenvalue weighted by Gasteiger charge is -2.08. The zero-order valence-corrected chi connectivity index (χ0v) is 9.51. The molecule has 1 aromatic heterocycles. The first-order chi connectivity index (χ1) is 6.61. The van der Waals surface area contributed by atoms with Crippen LogP contribution in [-0.2, 0) is 6.42 Å². The van der Waals surface area contributed by atoms with Gasteiger partial charge in [0, 0.05) is 12.5 Å². The molecular weight excluding hydrogens is 200 g/mol. The molecule has 0 unspecified atom stereocenters. The molecule has 1 heterocycles. The Morgan fingerprint density at radius 1 is 1.43 bits per heavy atom. The SMILES string of the molecule is CCc1nc(Cl)cc(OCC(C)C)n1. The van der Waals surface area contributed by atoms with Crippen LogP contribution in [0.5, 0.6) is 5.88 Å². The summed E-state index contributed by atoms with van der Waals surface area (Å²) in [6.07, 6.45) is 0.762. The minimum Gasteiger partial charge on any atom is -0.477 e. The average Bonchev–Trinajstić information content (AvgIpc) is 2.14. The van der Waals surface area contributed by atoms with Crippen molar-refractivity contribution in [3.05, 3.63) is 17.0 Å². The summed E-state index contributed by atoms with van der Waals surface area (Å²) in [7, 11) is 0. The summed E-state index contributed by atoms with van der Waals surface area (Å²) in [5.41, 5.74) is 0. The molecule has 1 aromatic rings. The van der Waals surface area contributed by atoms with Crippen molar-refractivity contribution in [3.8, 4) is 5.88 Å². The van der Waals surface area contributed by atoms with E-state index in [0.29, 0.717) is 23.6 Å². The van der Waals surface area contributed by atoms with Gasteiger partial charge < -0.3 is 4.74 Å². The second kappa shape index (κ2) is 5.15. The summed E-state index contributed by atoms with van der Waals surface area (Å²) in [4.78, 5) is 8.26. The third-order valence-corrected chi connectivity index (χ3v) is 1.79. The number of nitrogens with zero attached hydrogens (tertiary/aromatic N) is 2. The first kappa shape index (κ1) is 11.2. The van der Waals surface area contributed by atoms with Crippen LogP contribution < -0.4 is 4.74 Å². The summed E-state index contributed by atoms with van der Waals surface area (Å²) in [5.74, 6) is 1.76. The van der Waals surface area contributed by atoms with E-state index in [1.165, 1.54) is 0 Å². The molecule has 78 valence electrons. The van der Waals surface area contributed by atoms with Crippen molar-refractivity contribution in [3.63, 3.8) is 0 Å². The van der Waals surface area contributed by atoms with Crippen molar-refractivity contribution in [1.82, 2.24) is 9.97 Å². The van der Waals surface area contributed by atoms with Gasteiger partial charge in [-0.25, -0.2) is 4.98 Å². The molecule has 0 atom stereocenters. The van der Waals surface area contributed by atoms with Crippen LogP contribution in [0.4, 0.5) is 0 Å². The van der Waals surface area contributed by atoms with E-state index in [1.807, 2.05) is 6.92 Å². The van der Waals surface area contributed by atoms with Crippen LogP contribution in [0, 0.1) is 5.92 Å². The predicted molar refractivity (Wildman–Crippen MR) is 56.8 cm³/mol. The van der Waals surface area contributed by atoms with Gasteiger partial charge in [0.05, 0.1) is 6.61 Å². The molecule has 14 heavy (non-hydrogen) atoms. The van der Waals surface area contributed by atoms with E-state index < -0.39 is 0 Å². The molecule has 0 aromatic carbocycles. The van der Waals surface area contributed by atoms with Gasteiger partial charge in [-0.05, 0) is 5.92 Å². The van der Waals surface area contributed by atoms with Crippen molar-refractivity contribution in [2.24, 2.45) is 5.92 Å². The molecule has 4 heteroatoms. The lowest BCUT2D eigenvalue weighted by Crippen LogP contribution is -2.07. The van der Waals surface area contributed by atoms with Gasteiger partial charge in [0.1, 0.15) is 11.0 Å². The fourth-order valence-electron chi connectivity index (χ4n) is 0.926. The first-order valence-electron chi connectivity index (χ1n) is 4.78. The molecule has 0 N–H and O–H groups in total. The second-order valence-corrected chi connectivity index (χ2v) is 3.89. The van der Waals surface area contributed by atoms with Gasteiger partial charge in [-0.2, -0.15) is 4.98 Å². The molecule has 0 bridgehead atoms. The second-order valence-electron chi connectivity index (χ2n) is 3.50. The summed E-state index contributed by atoms with van der Waals surface area (Å²) >= 11 is 5.81. The number of aromatic nitrogens is 2. The highest BCUT2D eigenvalue weighted by Crippen LogP contribution is 2.14. The molecule has 0 saturated heterocycles. The van der Waals surface area contributed by atoms with E-state index in [-0.39, 0.29) is 0 Å². The molecule has 0 saturated carbocycles. The highest BCUT2D eigenvalue weighted by Gasteiger charge is 2.03. The van der Waals surface area contributed by atoms with Crippen LogP contribution in [0.3, 0.4) is 0 Å². The summed E-state index contributed by atoms with van der Waals surface area (Å²) in [6.45, 7) is 6.81. The summed E-state index contributed by atoms with van der Waals surface area (Å²) in [5, 5.41) is 0.440. The maximum atomic E-state index is 5.81. The molecule has 0 aliphatic carbocycles. The molecule has 0 radical (unpaired) electrons. The Bertz CT molecular complexity index is 302. The third kappa shape index (κ3) is 3.50. The van der Waals surface area contributed by atoms with E-state index in [9.17, 15) is 0 Å². The van der Waals surface area contributed by atoms with Crippen LogP contribution in [0.15, 0.2) is 6.07 Å². The average molecular weight is 215 g/mol. The number of hydrogen-bond donors (Lipinski definition) is 0. The van der Waals surface area contributed by atoms with Gasteiger partial charge in [-0.1, -0.05) is 32.4 Å². The number of ether oxygens (including phenoxy) is 1. The molecule has 0 aliphatic heterocycles. The van der Waals surface area contributed by atoms with E-state index >= 15 is 0 Å². The Kier molecular flexibility index (Phi) is 4.14. The number of halogens is 1. The Hall–Kier alpha value is -0.830. The number of rotatable bonds is 4. The third-order valence-electron chi connectivity index (χ3n) is 1.60. The van der Waals surface area contributed by atoms with Gasteiger partial charge in [0.15, 0.2) is 0 Å². The van der Waals surface area contributed by atoms with E-state index in [4.69, 9.17) is 16.3 Å². The number of hydrogen-bond acceptors (Lipinski definition) is 3. The minimum absolute atomic E-state index is 0.440. The Morgan fingerprint density at radius 3 is 2.71 bits per heavy atom. The fraction of sp³-hybridized carbons (Fsp3) is 0.600. The molecule has 0 aliphatic rings. The van der Waals surface area contributed by atoms with Gasteiger partial charge in [-0.15, -0.1) is 0 Å². The van der Waals surface area contributed by atoms with Crippen LogP contribution in [0.1, 0.15) is 26.6 Å². The summed E-state index contributed by atoms with van der Waals surface area (Å²) < 4.78 is 5.46. The Labute approximate surface area is 89.5 Å². The number of aryl methyl sites for hydroxylation is 1. The van der Waals surface area contributed by atoms with Gasteiger partial charge in [0.2, 0.25) is 5.88 Å². The van der Waals surface area contributed by atoms with Gasteiger partial charge in [-0.3, -0.25) is 0 Å². The van der Waals surface area contributed by atoms with E-state index in [2.05, 4.69) is 23.8 Å². The van der Waals surface area contributed by atoms with Crippen molar-refractivity contribution in [1.29, 1.82) is 0 Å². The van der Waals surface area contributed by atoms with E-state index in [0.717, 1.165) is 12.2 Å². The largest absolute Gasteiger partial charge is 0.477 e. The van der Waals surface area contributed by atoms with Crippen molar-refractivity contribution in [2.75, 3.05) is 6.61 Å². The smallest absolute Gasteiger partial charge is 0.218 e. The van der Waals surface area contributed by atoms with Crippen LogP contribution in [0.2, 0.25) is 5.15 Å². The molecular formula is C10H15ClN2O. The van der Waals surface area contributed by atoms with Crippen LogP contribution >= 0.6 is 11.6 Å². The van der Waals surface area contributed by atoms with Crippen molar-refractivity contribution < 1.29 is 4.74 Å². The zero-order valence-electron chi connectivity index (χ0n) is 8.75. The Balaban J connectivity index is 2.71. The first-order valence-corrected chi connectivity index (χ1v) is 5.16. The van der Waals surface area contributed by atoms with Crippen LogP contribution in [0.25, 0.3) is 0 Å². The highest BCUT2D eigenvalue weighted by atomic mass is 35.5. The quantitative estimate of drug-likeness (QED) is 0.723. The molecule has 1 rings (SSSR count). The lowest BCUT2D eigenvalue weighted by atomic mass is 10.2. The topological polar surface area (TPSA) is 35.0 Å². The van der Waals surface area contributed by atoms with Crippen molar-refractivity contribution in [2.45, 2.75) is 27.2 Å². The molecule has 0 fully saturated rings.